The Bertz CT molecular complexity index is 128. The summed E-state index contributed by atoms with van der Waals surface area (Å²) in [7, 11) is 0. The molecule has 0 heterocycles. The van der Waals surface area contributed by atoms with E-state index in [9.17, 15) is 4.79 Å². The minimum Gasteiger partial charge on any atom is -0.480 e. The molecule has 0 aliphatic rings. The Labute approximate surface area is 65.8 Å². The first-order chi connectivity index (χ1) is 5.04. The SMILES string of the molecule is CCC(C)(CO)OCC(=O)O. The van der Waals surface area contributed by atoms with Crippen LogP contribution < -0.4 is 0 Å². The summed E-state index contributed by atoms with van der Waals surface area (Å²) >= 11 is 0. The highest BCUT2D eigenvalue weighted by Crippen LogP contribution is 2.13. The van der Waals surface area contributed by atoms with Gasteiger partial charge in [0.05, 0.1) is 12.2 Å². The topological polar surface area (TPSA) is 66.8 Å². The maximum atomic E-state index is 10.1. The average molecular weight is 162 g/mol. The van der Waals surface area contributed by atoms with E-state index >= 15 is 0 Å². The van der Waals surface area contributed by atoms with Crippen molar-refractivity contribution in [2.24, 2.45) is 0 Å². The van der Waals surface area contributed by atoms with Crippen LogP contribution in [0.25, 0.3) is 0 Å². The van der Waals surface area contributed by atoms with Gasteiger partial charge in [0.25, 0.3) is 0 Å². The number of ether oxygens (including phenoxy) is 1. The molecular formula is C7H14O4. The van der Waals surface area contributed by atoms with Crippen LogP contribution in [-0.4, -0.2) is 35.0 Å². The molecule has 0 aromatic heterocycles. The minimum atomic E-state index is -1.02. The van der Waals surface area contributed by atoms with Crippen LogP contribution in [0.1, 0.15) is 20.3 Å². The van der Waals surface area contributed by atoms with Crippen molar-refractivity contribution in [2.75, 3.05) is 13.2 Å². The molecule has 0 amide bonds. The van der Waals surface area contributed by atoms with Crippen molar-refractivity contribution in [3.05, 3.63) is 0 Å². The molecule has 0 spiro atoms. The highest BCUT2D eigenvalue weighted by atomic mass is 16.5. The third-order valence-corrected chi connectivity index (χ3v) is 1.63. The summed E-state index contributed by atoms with van der Waals surface area (Å²) < 4.78 is 4.94. The lowest BCUT2D eigenvalue weighted by atomic mass is 10.1. The second kappa shape index (κ2) is 4.31. The zero-order valence-electron chi connectivity index (χ0n) is 6.83. The Morgan fingerprint density at radius 1 is 1.64 bits per heavy atom. The van der Waals surface area contributed by atoms with E-state index in [1.54, 1.807) is 6.92 Å². The van der Waals surface area contributed by atoms with Crippen LogP contribution >= 0.6 is 0 Å². The summed E-state index contributed by atoms with van der Waals surface area (Å²) in [5, 5.41) is 17.0. The van der Waals surface area contributed by atoms with Gasteiger partial charge in [-0.15, -0.1) is 0 Å². The second-order valence-electron chi connectivity index (χ2n) is 2.64. The lowest BCUT2D eigenvalue weighted by molar-refractivity contribution is -0.151. The van der Waals surface area contributed by atoms with E-state index in [1.165, 1.54) is 0 Å². The lowest BCUT2D eigenvalue weighted by Crippen LogP contribution is -2.34. The molecule has 4 nitrogen and oxygen atoms in total. The minimum absolute atomic E-state index is 0.156. The number of rotatable bonds is 5. The van der Waals surface area contributed by atoms with Gasteiger partial charge in [0.15, 0.2) is 0 Å². The average Bonchev–Trinajstić information content (AvgIpc) is 2.00. The van der Waals surface area contributed by atoms with Crippen molar-refractivity contribution < 1.29 is 19.7 Å². The number of carboxylic acids is 1. The third kappa shape index (κ3) is 3.95. The van der Waals surface area contributed by atoms with Gasteiger partial charge in [0.1, 0.15) is 6.61 Å². The zero-order chi connectivity index (χ0) is 8.91. The number of aliphatic hydroxyl groups excluding tert-OH is 1. The van der Waals surface area contributed by atoms with E-state index < -0.39 is 11.6 Å². The molecule has 0 saturated carbocycles. The van der Waals surface area contributed by atoms with Crippen LogP contribution in [0.15, 0.2) is 0 Å². The van der Waals surface area contributed by atoms with E-state index in [2.05, 4.69) is 0 Å². The highest BCUT2D eigenvalue weighted by molar-refractivity contribution is 5.68. The highest BCUT2D eigenvalue weighted by Gasteiger charge is 2.22. The van der Waals surface area contributed by atoms with E-state index in [1.807, 2.05) is 6.92 Å². The molecule has 0 fully saturated rings. The number of hydrogen-bond acceptors (Lipinski definition) is 3. The van der Waals surface area contributed by atoms with E-state index in [4.69, 9.17) is 14.9 Å². The van der Waals surface area contributed by atoms with E-state index in [0.29, 0.717) is 6.42 Å². The fourth-order valence-electron chi connectivity index (χ4n) is 0.495. The molecule has 0 saturated heterocycles. The first kappa shape index (κ1) is 10.4. The quantitative estimate of drug-likeness (QED) is 0.608. The Balaban J connectivity index is 3.78. The molecule has 66 valence electrons. The maximum absolute atomic E-state index is 10.1. The molecule has 1 atom stereocenters. The molecule has 0 bridgehead atoms. The molecule has 11 heavy (non-hydrogen) atoms. The van der Waals surface area contributed by atoms with Crippen LogP contribution in [0, 0.1) is 0 Å². The first-order valence-corrected chi connectivity index (χ1v) is 3.50. The zero-order valence-corrected chi connectivity index (χ0v) is 6.83. The summed E-state index contributed by atoms with van der Waals surface area (Å²) in [6.07, 6.45) is 0.594. The molecule has 1 unspecified atom stereocenters. The van der Waals surface area contributed by atoms with E-state index in [0.717, 1.165) is 0 Å². The summed E-state index contributed by atoms with van der Waals surface area (Å²) in [6.45, 7) is 3.00. The van der Waals surface area contributed by atoms with Crippen molar-refractivity contribution in [1.29, 1.82) is 0 Å². The largest absolute Gasteiger partial charge is 0.480 e. The predicted molar refractivity (Wildman–Crippen MR) is 39.4 cm³/mol. The third-order valence-electron chi connectivity index (χ3n) is 1.63. The Morgan fingerprint density at radius 3 is 2.45 bits per heavy atom. The molecule has 0 aliphatic carbocycles. The summed E-state index contributed by atoms with van der Waals surface area (Å²) in [4.78, 5) is 10.1. The normalized spacial score (nSPS) is 15.9. The van der Waals surface area contributed by atoms with E-state index in [-0.39, 0.29) is 13.2 Å². The van der Waals surface area contributed by atoms with Gasteiger partial charge in [-0.05, 0) is 13.3 Å². The maximum Gasteiger partial charge on any atom is 0.329 e. The van der Waals surface area contributed by atoms with Crippen molar-refractivity contribution in [3.63, 3.8) is 0 Å². The molecule has 4 heteroatoms. The lowest BCUT2D eigenvalue weighted by Gasteiger charge is -2.24. The second-order valence-corrected chi connectivity index (χ2v) is 2.64. The number of aliphatic hydroxyl groups is 1. The summed E-state index contributed by atoms with van der Waals surface area (Å²) in [5.74, 6) is -1.02. The molecule has 0 aromatic carbocycles. The fraction of sp³-hybridized carbons (Fsp3) is 0.857. The van der Waals surface area contributed by atoms with Gasteiger partial charge in [0.2, 0.25) is 0 Å². The number of hydrogen-bond donors (Lipinski definition) is 2. The number of carboxylic acid groups (broad SMARTS) is 1. The smallest absolute Gasteiger partial charge is 0.329 e. The molecular weight excluding hydrogens is 148 g/mol. The van der Waals surface area contributed by atoms with Gasteiger partial charge in [-0.25, -0.2) is 4.79 Å². The van der Waals surface area contributed by atoms with Crippen molar-refractivity contribution >= 4 is 5.97 Å². The molecule has 2 N–H and O–H groups in total. The van der Waals surface area contributed by atoms with Crippen LogP contribution in [0.2, 0.25) is 0 Å². The Morgan fingerprint density at radius 2 is 2.18 bits per heavy atom. The fourth-order valence-corrected chi connectivity index (χ4v) is 0.495. The summed E-state index contributed by atoms with van der Waals surface area (Å²) in [5.41, 5.74) is -0.710. The number of aliphatic carboxylic acids is 1. The van der Waals surface area contributed by atoms with Gasteiger partial charge in [-0.1, -0.05) is 6.92 Å². The van der Waals surface area contributed by atoms with Crippen molar-refractivity contribution in [1.82, 2.24) is 0 Å². The summed E-state index contributed by atoms with van der Waals surface area (Å²) in [6, 6.07) is 0. The van der Waals surface area contributed by atoms with Gasteiger partial charge < -0.3 is 14.9 Å². The van der Waals surface area contributed by atoms with Gasteiger partial charge >= 0.3 is 5.97 Å². The van der Waals surface area contributed by atoms with Gasteiger partial charge in [0, 0.05) is 0 Å². The number of carbonyl (C=O) groups is 1. The monoisotopic (exact) mass is 162 g/mol. The first-order valence-electron chi connectivity index (χ1n) is 3.50. The molecule has 0 radical (unpaired) electrons. The van der Waals surface area contributed by atoms with Crippen LogP contribution in [0.3, 0.4) is 0 Å². The van der Waals surface area contributed by atoms with Gasteiger partial charge in [-0.3, -0.25) is 0 Å². The Kier molecular flexibility index (Phi) is 4.07. The molecule has 0 rings (SSSR count). The van der Waals surface area contributed by atoms with Crippen LogP contribution in [-0.2, 0) is 9.53 Å². The van der Waals surface area contributed by atoms with Crippen molar-refractivity contribution in [3.8, 4) is 0 Å². The van der Waals surface area contributed by atoms with Crippen molar-refractivity contribution in [2.45, 2.75) is 25.9 Å². The molecule has 0 aromatic rings. The molecule has 0 aliphatic heterocycles. The van der Waals surface area contributed by atoms with Gasteiger partial charge in [-0.2, -0.15) is 0 Å². The standard InChI is InChI=1S/C7H14O4/c1-3-7(2,5-8)11-4-6(9)10/h8H,3-5H2,1-2H3,(H,9,10). The predicted octanol–water partition coefficient (Wildman–Crippen LogP) is 0.249. The van der Waals surface area contributed by atoms with Crippen LogP contribution in [0.4, 0.5) is 0 Å². The Hall–Kier alpha value is -0.610. The van der Waals surface area contributed by atoms with Crippen LogP contribution in [0.5, 0.6) is 0 Å².